The van der Waals surface area contributed by atoms with Gasteiger partial charge in [-0.3, -0.25) is 4.98 Å². The molecule has 0 fully saturated rings. The quantitative estimate of drug-likeness (QED) is 0.181. The van der Waals surface area contributed by atoms with Crippen molar-refractivity contribution >= 4 is 54.4 Å². The lowest BCUT2D eigenvalue weighted by molar-refractivity contribution is 1.18. The Balaban J connectivity index is 1.06. The van der Waals surface area contributed by atoms with Crippen LogP contribution < -0.4 is 0 Å². The van der Waals surface area contributed by atoms with Gasteiger partial charge in [0.05, 0.1) is 22.1 Å². The Kier molecular flexibility index (Phi) is 6.05. The summed E-state index contributed by atoms with van der Waals surface area (Å²) in [6, 6.07) is 64.3. The van der Waals surface area contributed by atoms with E-state index in [1.165, 1.54) is 105 Å². The zero-order valence-corrected chi connectivity index (χ0v) is 29.2. The molecule has 3 heterocycles. The maximum absolute atomic E-state index is 4.75. The maximum atomic E-state index is 4.75. The Morgan fingerprint density at radius 2 is 0.833 bits per heavy atom. The van der Waals surface area contributed by atoms with Crippen LogP contribution in [0.3, 0.4) is 0 Å². The lowest BCUT2D eigenvalue weighted by Gasteiger charge is -2.11. The molecule has 8 aromatic carbocycles. The molecular weight excluding hydrogens is 655 g/mol. The van der Waals surface area contributed by atoms with Gasteiger partial charge in [-0.2, -0.15) is 0 Å². The number of pyridine rings is 1. The largest absolute Gasteiger partial charge is 0.309 e. The van der Waals surface area contributed by atoms with Crippen molar-refractivity contribution in [3.05, 3.63) is 188 Å². The van der Waals surface area contributed by atoms with Crippen LogP contribution in [0.1, 0.15) is 0 Å². The van der Waals surface area contributed by atoms with E-state index in [0.29, 0.717) is 0 Å². The number of hydrogen-bond donors (Lipinski definition) is 0. The number of para-hydroxylation sites is 3. The van der Waals surface area contributed by atoms with Gasteiger partial charge in [-0.05, 0) is 99.6 Å². The fourth-order valence-corrected chi connectivity index (χ4v) is 9.16. The third kappa shape index (κ3) is 4.09. The minimum absolute atomic E-state index is 1.15. The van der Waals surface area contributed by atoms with Crippen LogP contribution in [0.4, 0.5) is 0 Å². The number of aromatic nitrogens is 3. The fraction of sp³-hybridized carbons (Fsp3) is 0. The molecule has 0 radical (unpaired) electrons. The second kappa shape index (κ2) is 11.1. The number of benzene rings is 8. The highest BCUT2D eigenvalue weighted by molar-refractivity contribution is 6.19. The molecule has 3 aromatic heterocycles. The van der Waals surface area contributed by atoms with E-state index in [4.69, 9.17) is 4.98 Å². The van der Waals surface area contributed by atoms with E-state index in [-0.39, 0.29) is 0 Å². The summed E-state index contributed by atoms with van der Waals surface area (Å²) in [4.78, 5) is 4.75. The molecule has 0 amide bonds. The van der Waals surface area contributed by atoms with Crippen molar-refractivity contribution in [2.75, 3.05) is 0 Å². The van der Waals surface area contributed by atoms with Crippen LogP contribution in [0.15, 0.2) is 188 Å². The molecule has 0 saturated heterocycles. The smallest absolute Gasteiger partial charge is 0.0547 e. The van der Waals surface area contributed by atoms with Crippen LogP contribution in [0.25, 0.3) is 110 Å². The summed E-state index contributed by atoms with van der Waals surface area (Å²) in [6.45, 7) is 0. The molecule has 54 heavy (non-hydrogen) atoms. The highest BCUT2D eigenvalue weighted by atomic mass is 15.0. The average Bonchev–Trinajstić information content (AvgIpc) is 3.87. The summed E-state index contributed by atoms with van der Waals surface area (Å²) < 4.78 is 4.79. The van der Waals surface area contributed by atoms with Crippen LogP contribution in [-0.4, -0.2) is 14.1 Å². The Labute approximate surface area is 311 Å². The van der Waals surface area contributed by atoms with E-state index < -0.39 is 0 Å². The van der Waals surface area contributed by atoms with E-state index in [2.05, 4.69) is 185 Å². The lowest BCUT2D eigenvalue weighted by atomic mass is 9.95. The average molecular weight is 686 g/mol. The Morgan fingerprint density at radius 3 is 1.54 bits per heavy atom. The van der Waals surface area contributed by atoms with Gasteiger partial charge in [0.25, 0.3) is 0 Å². The number of fused-ring (bicyclic) bond motifs is 9. The van der Waals surface area contributed by atoms with Crippen molar-refractivity contribution in [1.29, 1.82) is 0 Å². The Bertz CT molecular complexity index is 3280. The maximum Gasteiger partial charge on any atom is 0.0547 e. The van der Waals surface area contributed by atoms with E-state index in [9.17, 15) is 0 Å². The first-order valence-electron chi connectivity index (χ1n) is 18.5. The summed E-state index contributed by atoms with van der Waals surface area (Å²) in [7, 11) is 0. The van der Waals surface area contributed by atoms with Gasteiger partial charge >= 0.3 is 0 Å². The van der Waals surface area contributed by atoms with E-state index >= 15 is 0 Å². The standard InChI is InChI=1S/C51H31N3/c1-3-11-35(12-4-1)53-47-18-10-9-17-40(47)43-27-32(20-25-48(43)53)33-21-26-49-44(28-33)41-22-19-34(29-50(41)54(49)36-13-5-2-6-14-36)37-23-24-42-38-15-7-8-16-39(38)46-31-52-30-45(37)51(42)46/h1-31H. The normalized spacial score (nSPS) is 12.1. The summed E-state index contributed by atoms with van der Waals surface area (Å²) in [5.41, 5.74) is 17.0. The zero-order chi connectivity index (χ0) is 35.3. The highest BCUT2D eigenvalue weighted by Gasteiger charge is 2.23. The molecule has 0 N–H and O–H groups in total. The Hall–Kier alpha value is -7.23. The van der Waals surface area contributed by atoms with Gasteiger partial charge in [0.2, 0.25) is 0 Å². The molecule has 1 aliphatic rings. The molecule has 0 aliphatic heterocycles. The van der Waals surface area contributed by atoms with Crippen LogP contribution in [0.5, 0.6) is 0 Å². The molecule has 0 bridgehead atoms. The van der Waals surface area contributed by atoms with E-state index in [0.717, 1.165) is 5.69 Å². The van der Waals surface area contributed by atoms with Crippen molar-refractivity contribution in [1.82, 2.24) is 14.1 Å². The second-order valence-corrected chi connectivity index (χ2v) is 14.4. The third-order valence-electron chi connectivity index (χ3n) is 11.5. The van der Waals surface area contributed by atoms with Crippen molar-refractivity contribution < 1.29 is 0 Å². The highest BCUT2D eigenvalue weighted by Crippen LogP contribution is 2.49. The monoisotopic (exact) mass is 685 g/mol. The third-order valence-corrected chi connectivity index (χ3v) is 11.5. The van der Waals surface area contributed by atoms with Gasteiger partial charge < -0.3 is 9.13 Å². The molecule has 12 rings (SSSR count). The molecule has 1 aliphatic carbocycles. The van der Waals surface area contributed by atoms with Gasteiger partial charge in [-0.15, -0.1) is 0 Å². The summed E-state index contributed by atoms with van der Waals surface area (Å²) in [6.07, 6.45) is 4.06. The number of nitrogens with zero attached hydrogens (tertiary/aromatic N) is 3. The lowest BCUT2D eigenvalue weighted by Crippen LogP contribution is -1.94. The first-order chi connectivity index (χ1) is 26.8. The number of rotatable bonds is 4. The SMILES string of the molecule is c1ccc(-n2c3ccccc3c3cc(-c4ccc5c(c4)c4ccc(-c6ccc7c8c(cncc68)-c6ccccc6-7)cc4n5-c4ccccc4)ccc32)cc1. The molecule has 0 unspecified atom stereocenters. The van der Waals surface area contributed by atoms with E-state index in [1.807, 2.05) is 12.4 Å². The van der Waals surface area contributed by atoms with Gasteiger partial charge in [0, 0.05) is 61.6 Å². The molecule has 3 heteroatoms. The number of hydrogen-bond acceptors (Lipinski definition) is 1. The van der Waals surface area contributed by atoms with Gasteiger partial charge in [-0.1, -0.05) is 115 Å². The molecule has 0 atom stereocenters. The molecule has 0 spiro atoms. The van der Waals surface area contributed by atoms with Crippen molar-refractivity contribution in [3.8, 4) is 55.9 Å². The fourth-order valence-electron chi connectivity index (χ4n) is 9.16. The first kappa shape index (κ1) is 29.4. The molecular formula is C51H31N3. The minimum atomic E-state index is 1.15. The zero-order valence-electron chi connectivity index (χ0n) is 29.2. The molecule has 0 saturated carbocycles. The first-order valence-corrected chi connectivity index (χ1v) is 18.5. The van der Waals surface area contributed by atoms with E-state index in [1.54, 1.807) is 0 Å². The van der Waals surface area contributed by atoms with Crippen molar-refractivity contribution in [2.24, 2.45) is 0 Å². The Morgan fingerprint density at radius 1 is 0.296 bits per heavy atom. The molecule has 250 valence electrons. The predicted molar refractivity (Wildman–Crippen MR) is 226 cm³/mol. The summed E-state index contributed by atoms with van der Waals surface area (Å²) in [5, 5.41) is 7.47. The predicted octanol–water partition coefficient (Wildman–Crippen LogP) is 13.4. The van der Waals surface area contributed by atoms with Crippen molar-refractivity contribution in [2.45, 2.75) is 0 Å². The molecule has 11 aromatic rings. The topological polar surface area (TPSA) is 22.8 Å². The van der Waals surface area contributed by atoms with Gasteiger partial charge in [-0.25, -0.2) is 0 Å². The van der Waals surface area contributed by atoms with Crippen LogP contribution in [0.2, 0.25) is 0 Å². The minimum Gasteiger partial charge on any atom is -0.309 e. The summed E-state index contributed by atoms with van der Waals surface area (Å²) >= 11 is 0. The van der Waals surface area contributed by atoms with Crippen LogP contribution in [-0.2, 0) is 0 Å². The summed E-state index contributed by atoms with van der Waals surface area (Å²) in [5.74, 6) is 0. The van der Waals surface area contributed by atoms with Gasteiger partial charge in [0.1, 0.15) is 0 Å². The van der Waals surface area contributed by atoms with Crippen molar-refractivity contribution in [3.63, 3.8) is 0 Å². The molecule has 3 nitrogen and oxygen atoms in total. The van der Waals surface area contributed by atoms with Crippen LogP contribution >= 0.6 is 0 Å². The second-order valence-electron chi connectivity index (χ2n) is 14.4. The van der Waals surface area contributed by atoms with Crippen LogP contribution in [0, 0.1) is 0 Å². The van der Waals surface area contributed by atoms with Gasteiger partial charge in [0.15, 0.2) is 0 Å².